The fourth-order valence-electron chi connectivity index (χ4n) is 2.72. The summed E-state index contributed by atoms with van der Waals surface area (Å²) >= 11 is 1.79. The summed E-state index contributed by atoms with van der Waals surface area (Å²) in [6, 6.07) is 16.7. The van der Waals surface area contributed by atoms with Crippen LogP contribution in [-0.2, 0) is 4.79 Å². The Labute approximate surface area is 142 Å². The number of fused-ring (bicyclic) bond motifs is 2. The minimum absolute atomic E-state index is 0.0886. The molecule has 120 valence electrons. The van der Waals surface area contributed by atoms with Crippen LogP contribution in [0.4, 0.5) is 11.4 Å². The zero-order valence-corrected chi connectivity index (χ0v) is 14.6. The van der Waals surface area contributed by atoms with Crippen molar-refractivity contribution in [2.45, 2.75) is 42.5 Å². The van der Waals surface area contributed by atoms with Gasteiger partial charge in [0.15, 0.2) is 0 Å². The molecule has 0 atom stereocenters. The molecule has 1 N–H and O–H groups in total. The Morgan fingerprint density at radius 1 is 1.00 bits per heavy atom. The van der Waals surface area contributed by atoms with Crippen molar-refractivity contribution in [1.82, 2.24) is 5.32 Å². The molecule has 0 spiro atoms. The van der Waals surface area contributed by atoms with E-state index in [9.17, 15) is 4.79 Å². The van der Waals surface area contributed by atoms with Gasteiger partial charge in [0, 0.05) is 28.3 Å². The first-order valence-electron chi connectivity index (χ1n) is 7.88. The quantitative estimate of drug-likeness (QED) is 0.895. The molecule has 1 aliphatic heterocycles. The predicted octanol–water partition coefficient (Wildman–Crippen LogP) is 4.59. The maximum atomic E-state index is 12.2. The van der Waals surface area contributed by atoms with Crippen LogP contribution in [-0.4, -0.2) is 18.0 Å². The molecule has 1 aliphatic rings. The van der Waals surface area contributed by atoms with Gasteiger partial charge in [0.1, 0.15) is 0 Å². The van der Waals surface area contributed by atoms with E-state index in [2.05, 4.69) is 58.7 Å². The van der Waals surface area contributed by atoms with Crippen LogP contribution in [0.2, 0.25) is 0 Å². The number of amides is 1. The average Bonchev–Trinajstić information content (AvgIpc) is 2.49. The Bertz CT molecular complexity index is 676. The first-order valence-corrected chi connectivity index (χ1v) is 8.70. The number of benzene rings is 2. The van der Waals surface area contributed by atoms with Crippen molar-refractivity contribution < 1.29 is 4.79 Å². The largest absolute Gasteiger partial charge is 0.351 e. The van der Waals surface area contributed by atoms with Crippen LogP contribution in [0.1, 0.15) is 27.2 Å². The van der Waals surface area contributed by atoms with E-state index in [0.717, 1.165) is 0 Å². The Balaban J connectivity index is 1.83. The first-order chi connectivity index (χ1) is 10.9. The third kappa shape index (κ3) is 3.70. The molecular formula is C19H22N2OS. The summed E-state index contributed by atoms with van der Waals surface area (Å²) in [5.74, 6) is 0.0886. The van der Waals surface area contributed by atoms with Gasteiger partial charge < -0.3 is 10.2 Å². The topological polar surface area (TPSA) is 32.3 Å². The average molecular weight is 326 g/mol. The summed E-state index contributed by atoms with van der Waals surface area (Å²) in [7, 11) is 0. The van der Waals surface area contributed by atoms with Crippen LogP contribution in [0.25, 0.3) is 0 Å². The highest BCUT2D eigenvalue weighted by molar-refractivity contribution is 7.99. The number of hydrogen-bond acceptors (Lipinski definition) is 3. The van der Waals surface area contributed by atoms with Crippen molar-refractivity contribution in [3.05, 3.63) is 48.5 Å². The van der Waals surface area contributed by atoms with E-state index < -0.39 is 0 Å². The molecule has 0 saturated heterocycles. The van der Waals surface area contributed by atoms with Crippen LogP contribution in [0.5, 0.6) is 0 Å². The van der Waals surface area contributed by atoms with Gasteiger partial charge in [0.05, 0.1) is 11.4 Å². The van der Waals surface area contributed by atoms with Gasteiger partial charge in [0.2, 0.25) is 5.91 Å². The van der Waals surface area contributed by atoms with E-state index in [1.807, 2.05) is 20.8 Å². The molecule has 3 rings (SSSR count). The second-order valence-corrected chi connectivity index (χ2v) is 7.82. The highest BCUT2D eigenvalue weighted by atomic mass is 32.2. The SMILES string of the molecule is CC(C)(C)NC(=O)CCN1c2ccccc2Sc2ccccc21. The molecule has 3 nitrogen and oxygen atoms in total. The number of nitrogens with zero attached hydrogens (tertiary/aromatic N) is 1. The maximum Gasteiger partial charge on any atom is 0.222 e. The third-order valence-electron chi connectivity index (χ3n) is 3.61. The van der Waals surface area contributed by atoms with Gasteiger partial charge in [-0.3, -0.25) is 4.79 Å². The Hall–Kier alpha value is -1.94. The number of carbonyl (C=O) groups excluding carboxylic acids is 1. The van der Waals surface area contributed by atoms with Crippen LogP contribution >= 0.6 is 11.8 Å². The number of nitrogens with one attached hydrogen (secondary N) is 1. The van der Waals surface area contributed by atoms with Crippen LogP contribution < -0.4 is 10.2 Å². The molecule has 23 heavy (non-hydrogen) atoms. The van der Waals surface area contributed by atoms with E-state index in [1.54, 1.807) is 11.8 Å². The van der Waals surface area contributed by atoms with Crippen molar-refractivity contribution in [2.75, 3.05) is 11.4 Å². The lowest BCUT2D eigenvalue weighted by molar-refractivity contribution is -0.122. The lowest BCUT2D eigenvalue weighted by Crippen LogP contribution is -2.41. The van der Waals surface area contributed by atoms with Gasteiger partial charge in [-0.25, -0.2) is 0 Å². The molecule has 0 fully saturated rings. The summed E-state index contributed by atoms with van der Waals surface area (Å²) in [4.78, 5) is 16.9. The second kappa shape index (κ2) is 6.28. The number of carbonyl (C=O) groups is 1. The fourth-order valence-corrected chi connectivity index (χ4v) is 3.81. The first kappa shape index (κ1) is 15.9. The monoisotopic (exact) mass is 326 g/mol. The number of para-hydroxylation sites is 2. The van der Waals surface area contributed by atoms with Gasteiger partial charge in [-0.15, -0.1) is 0 Å². The lowest BCUT2D eigenvalue weighted by Gasteiger charge is -2.33. The minimum atomic E-state index is -0.190. The Kier molecular flexibility index (Phi) is 4.35. The second-order valence-electron chi connectivity index (χ2n) is 6.74. The molecule has 4 heteroatoms. The van der Waals surface area contributed by atoms with Crippen molar-refractivity contribution in [3.8, 4) is 0 Å². The van der Waals surface area contributed by atoms with E-state index in [4.69, 9.17) is 0 Å². The molecule has 0 aliphatic carbocycles. The van der Waals surface area contributed by atoms with Crippen molar-refractivity contribution in [1.29, 1.82) is 0 Å². The number of rotatable bonds is 3. The predicted molar refractivity (Wildman–Crippen MR) is 96.5 cm³/mol. The summed E-state index contributed by atoms with van der Waals surface area (Å²) in [6.07, 6.45) is 0.477. The van der Waals surface area contributed by atoms with Gasteiger partial charge in [-0.2, -0.15) is 0 Å². The Morgan fingerprint density at radius 3 is 2.04 bits per heavy atom. The van der Waals surface area contributed by atoms with Gasteiger partial charge >= 0.3 is 0 Å². The zero-order valence-electron chi connectivity index (χ0n) is 13.8. The highest BCUT2D eigenvalue weighted by Gasteiger charge is 2.23. The third-order valence-corrected chi connectivity index (χ3v) is 4.74. The van der Waals surface area contributed by atoms with Crippen LogP contribution in [0.3, 0.4) is 0 Å². The fraction of sp³-hybridized carbons (Fsp3) is 0.316. The lowest BCUT2D eigenvalue weighted by atomic mass is 10.1. The summed E-state index contributed by atoms with van der Waals surface area (Å²) in [5, 5.41) is 3.04. The van der Waals surface area contributed by atoms with E-state index >= 15 is 0 Å². The van der Waals surface area contributed by atoms with Crippen molar-refractivity contribution in [2.24, 2.45) is 0 Å². The van der Waals surface area contributed by atoms with Crippen LogP contribution in [0, 0.1) is 0 Å². The van der Waals surface area contributed by atoms with Gasteiger partial charge in [-0.05, 0) is 45.0 Å². The zero-order chi connectivity index (χ0) is 16.4. The smallest absolute Gasteiger partial charge is 0.222 e. The highest BCUT2D eigenvalue weighted by Crippen LogP contribution is 2.47. The molecular weight excluding hydrogens is 304 g/mol. The van der Waals surface area contributed by atoms with E-state index in [0.29, 0.717) is 13.0 Å². The Morgan fingerprint density at radius 2 is 1.52 bits per heavy atom. The molecule has 0 saturated carbocycles. The maximum absolute atomic E-state index is 12.2. The molecule has 0 aromatic heterocycles. The molecule has 0 unspecified atom stereocenters. The summed E-state index contributed by atoms with van der Waals surface area (Å²) in [6.45, 7) is 6.70. The normalized spacial score (nSPS) is 13.3. The molecule has 0 radical (unpaired) electrons. The molecule has 1 amide bonds. The summed E-state index contributed by atoms with van der Waals surface area (Å²) in [5.41, 5.74) is 2.17. The molecule has 0 bridgehead atoms. The number of hydrogen-bond donors (Lipinski definition) is 1. The van der Waals surface area contributed by atoms with Gasteiger partial charge in [-0.1, -0.05) is 36.0 Å². The molecule has 1 heterocycles. The summed E-state index contributed by atoms with van der Waals surface area (Å²) < 4.78 is 0. The van der Waals surface area contributed by atoms with E-state index in [-0.39, 0.29) is 11.4 Å². The standard InChI is InChI=1S/C19H22N2OS/c1-19(2,3)20-18(22)12-13-21-14-8-4-6-10-16(14)23-17-11-7-5-9-15(17)21/h4-11H,12-13H2,1-3H3,(H,20,22). The number of anilines is 2. The van der Waals surface area contributed by atoms with Crippen molar-refractivity contribution >= 4 is 29.0 Å². The van der Waals surface area contributed by atoms with Crippen molar-refractivity contribution in [3.63, 3.8) is 0 Å². The molecule has 2 aromatic carbocycles. The van der Waals surface area contributed by atoms with Crippen LogP contribution in [0.15, 0.2) is 58.3 Å². The minimum Gasteiger partial charge on any atom is -0.351 e. The van der Waals surface area contributed by atoms with E-state index in [1.165, 1.54) is 21.2 Å². The van der Waals surface area contributed by atoms with Gasteiger partial charge in [0.25, 0.3) is 0 Å². The molecule has 2 aromatic rings.